The molecule has 246 valence electrons. The van der Waals surface area contributed by atoms with Gasteiger partial charge in [-0.1, -0.05) is 97.1 Å². The molecule has 1 heterocycles. The SMILES string of the molecule is Cc1ccc(OP2NPN(Oc3ccccc3)P(Oc3ccccc3)N2Oc2ccccc2)c(Oc2ccccc2)c1Oc1ccccc1. The van der Waals surface area contributed by atoms with Gasteiger partial charge in [0.2, 0.25) is 5.75 Å². The fourth-order valence-electron chi connectivity index (χ4n) is 4.55. The van der Waals surface area contributed by atoms with Crippen LogP contribution in [0.15, 0.2) is 164 Å². The fraction of sp³-hybridized carbons (Fsp3) is 0.0270. The topological polar surface area (TPSA) is 73.9 Å². The van der Waals surface area contributed by atoms with Crippen LogP contribution in [0, 0.1) is 6.92 Å². The van der Waals surface area contributed by atoms with E-state index < -0.39 is 16.9 Å². The molecule has 6 aromatic carbocycles. The second-order valence-corrected chi connectivity index (χ2v) is 15.2. The van der Waals surface area contributed by atoms with E-state index in [1.807, 2.05) is 171 Å². The van der Waals surface area contributed by atoms with Crippen LogP contribution in [0.25, 0.3) is 0 Å². The van der Waals surface area contributed by atoms with Crippen LogP contribution in [0.5, 0.6) is 46.0 Å². The minimum Gasteiger partial charge on any atom is -0.453 e. The zero-order valence-corrected chi connectivity index (χ0v) is 29.1. The second kappa shape index (κ2) is 16.1. The van der Waals surface area contributed by atoms with Crippen molar-refractivity contribution < 1.29 is 28.2 Å². The van der Waals surface area contributed by atoms with Gasteiger partial charge in [-0.15, -0.1) is 0 Å². The Labute approximate surface area is 289 Å². The molecule has 12 heteroatoms. The van der Waals surface area contributed by atoms with E-state index in [-0.39, 0.29) is 8.88 Å². The van der Waals surface area contributed by atoms with E-state index >= 15 is 0 Å². The molecule has 1 saturated heterocycles. The molecule has 0 bridgehead atoms. The van der Waals surface area contributed by atoms with Crippen LogP contribution in [0.4, 0.5) is 0 Å². The molecule has 0 aromatic heterocycles. The average molecular weight is 708 g/mol. The van der Waals surface area contributed by atoms with Gasteiger partial charge in [-0.25, -0.2) is 4.86 Å². The largest absolute Gasteiger partial charge is 0.453 e. The first-order valence-corrected chi connectivity index (χ1v) is 18.7. The molecule has 0 saturated carbocycles. The highest BCUT2D eigenvalue weighted by molar-refractivity contribution is 7.74. The Morgan fingerprint density at radius 1 is 0.490 bits per heavy atom. The molecule has 1 aliphatic rings. The molecule has 0 spiro atoms. The molecule has 6 aromatic rings. The van der Waals surface area contributed by atoms with Crippen LogP contribution in [0.1, 0.15) is 5.56 Å². The van der Waals surface area contributed by atoms with Gasteiger partial charge >= 0.3 is 8.45 Å². The Morgan fingerprint density at radius 2 is 0.959 bits per heavy atom. The van der Waals surface area contributed by atoms with Crippen molar-refractivity contribution in [3.05, 3.63) is 169 Å². The third-order valence-corrected chi connectivity index (χ3v) is 12.0. The molecule has 0 aliphatic carbocycles. The first-order chi connectivity index (χ1) is 24.2. The summed E-state index contributed by atoms with van der Waals surface area (Å²) >= 11 is 0. The predicted molar refractivity (Wildman–Crippen MR) is 195 cm³/mol. The van der Waals surface area contributed by atoms with Crippen molar-refractivity contribution in [3.8, 4) is 46.0 Å². The Bertz CT molecular complexity index is 1920. The molecule has 3 atom stereocenters. The molecule has 0 radical (unpaired) electrons. The molecular formula is C37H32N3O6P3. The predicted octanol–water partition coefficient (Wildman–Crippen LogP) is 11.2. The van der Waals surface area contributed by atoms with Crippen LogP contribution in [0.2, 0.25) is 0 Å². The highest BCUT2D eigenvalue weighted by Gasteiger charge is 2.46. The smallest absolute Gasteiger partial charge is 0.332 e. The van der Waals surface area contributed by atoms with E-state index in [0.717, 1.165) is 5.56 Å². The standard InChI is InChI=1S/C37H32N3O6P3/c1-29-27-28-35(37(42-31-19-9-3-10-20-31)36(29)41-30-17-7-2-8-18-30)46-48-38-47-39(43-32-21-11-4-12-22-32)49(45-34-25-15-6-16-26-34)40(48)44-33-23-13-5-14-24-33/h2-28,38,47H,1H3. The van der Waals surface area contributed by atoms with Crippen LogP contribution in [-0.4, -0.2) is 9.21 Å². The van der Waals surface area contributed by atoms with Gasteiger partial charge in [-0.05, 0) is 83.8 Å². The van der Waals surface area contributed by atoms with Crippen molar-refractivity contribution in [2.24, 2.45) is 0 Å². The van der Waals surface area contributed by atoms with E-state index in [4.69, 9.17) is 28.2 Å². The molecule has 7 rings (SSSR count). The van der Waals surface area contributed by atoms with Crippen molar-refractivity contribution in [1.29, 1.82) is 0 Å². The highest BCUT2D eigenvalue weighted by Crippen LogP contribution is 2.66. The van der Waals surface area contributed by atoms with Crippen LogP contribution < -0.4 is 33.1 Å². The van der Waals surface area contributed by atoms with Gasteiger partial charge in [0.25, 0.3) is 8.45 Å². The van der Waals surface area contributed by atoms with E-state index in [9.17, 15) is 0 Å². The van der Waals surface area contributed by atoms with Gasteiger partial charge in [0.05, 0.1) is 8.88 Å². The summed E-state index contributed by atoms with van der Waals surface area (Å²) in [5.41, 5.74) is 0.878. The van der Waals surface area contributed by atoms with E-state index in [0.29, 0.717) is 46.0 Å². The molecular weight excluding hydrogens is 675 g/mol. The van der Waals surface area contributed by atoms with Gasteiger partial charge in [0, 0.05) is 4.60 Å². The summed E-state index contributed by atoms with van der Waals surface area (Å²) in [6.07, 6.45) is 0. The minimum atomic E-state index is -1.77. The number of hydrogen-bond acceptors (Lipinski definition) is 9. The number of para-hydroxylation sites is 5. The van der Waals surface area contributed by atoms with Crippen LogP contribution >= 0.6 is 25.8 Å². The van der Waals surface area contributed by atoms with Crippen LogP contribution in [-0.2, 0) is 0 Å². The minimum absolute atomic E-state index is 0.0529. The number of nitrogens with zero attached hydrogens (tertiary/aromatic N) is 2. The van der Waals surface area contributed by atoms with E-state index in [1.54, 1.807) is 9.21 Å². The average Bonchev–Trinajstić information content (AvgIpc) is 3.15. The summed E-state index contributed by atoms with van der Waals surface area (Å²) in [7, 11) is -3.54. The maximum Gasteiger partial charge on any atom is 0.332 e. The van der Waals surface area contributed by atoms with Gasteiger partial charge in [-0.3, -0.25) is 0 Å². The lowest BCUT2D eigenvalue weighted by Gasteiger charge is -2.41. The lowest BCUT2D eigenvalue weighted by Crippen LogP contribution is -2.37. The Kier molecular flexibility index (Phi) is 10.8. The Morgan fingerprint density at radius 3 is 1.51 bits per heavy atom. The lowest BCUT2D eigenvalue weighted by molar-refractivity contribution is 0.0675. The Hall–Kier alpha value is -4.71. The number of aryl methyl sites for hydroxylation is 1. The van der Waals surface area contributed by atoms with Crippen LogP contribution in [0.3, 0.4) is 0 Å². The number of hydrogen-bond donors (Lipinski definition) is 1. The lowest BCUT2D eigenvalue weighted by atomic mass is 10.2. The zero-order chi connectivity index (χ0) is 33.3. The maximum absolute atomic E-state index is 6.85. The third kappa shape index (κ3) is 8.48. The van der Waals surface area contributed by atoms with Crippen molar-refractivity contribution >= 4 is 25.8 Å². The summed E-state index contributed by atoms with van der Waals surface area (Å²) in [6, 6.07) is 51.7. The summed E-state index contributed by atoms with van der Waals surface area (Å²) < 4.78 is 29.9. The summed E-state index contributed by atoms with van der Waals surface area (Å²) in [6.45, 7) is 1.97. The van der Waals surface area contributed by atoms with E-state index in [2.05, 4.69) is 4.86 Å². The quantitative estimate of drug-likeness (QED) is 0.125. The summed E-state index contributed by atoms with van der Waals surface area (Å²) in [4.78, 5) is 16.5. The highest BCUT2D eigenvalue weighted by atomic mass is 31.3. The monoisotopic (exact) mass is 707 g/mol. The first-order valence-electron chi connectivity index (χ1n) is 15.4. The molecule has 3 unspecified atom stereocenters. The molecule has 1 N–H and O–H groups in total. The number of ether oxygens (including phenoxy) is 2. The van der Waals surface area contributed by atoms with Gasteiger partial charge in [0.15, 0.2) is 11.5 Å². The third-order valence-electron chi connectivity index (χ3n) is 6.88. The Balaban J connectivity index is 1.28. The second-order valence-electron chi connectivity index (χ2n) is 10.4. The number of benzene rings is 6. The molecule has 49 heavy (non-hydrogen) atoms. The van der Waals surface area contributed by atoms with Crippen molar-refractivity contribution in [2.45, 2.75) is 6.92 Å². The van der Waals surface area contributed by atoms with Crippen molar-refractivity contribution in [2.75, 3.05) is 0 Å². The molecule has 9 nitrogen and oxygen atoms in total. The fourth-order valence-corrected chi connectivity index (χ4v) is 10.1. The van der Waals surface area contributed by atoms with Gasteiger partial charge in [0.1, 0.15) is 28.7 Å². The van der Waals surface area contributed by atoms with Crippen molar-refractivity contribution in [3.63, 3.8) is 0 Å². The van der Waals surface area contributed by atoms with E-state index in [1.165, 1.54) is 0 Å². The zero-order valence-electron chi connectivity index (χ0n) is 26.3. The number of nitrogens with one attached hydrogen (secondary N) is 1. The van der Waals surface area contributed by atoms with Gasteiger partial charge < -0.3 is 28.2 Å². The normalized spacial score (nSPS) is 16.8. The molecule has 0 amide bonds. The summed E-state index contributed by atoms with van der Waals surface area (Å²) in [5, 5.41) is 0. The van der Waals surface area contributed by atoms with Gasteiger partial charge in [-0.2, -0.15) is 0 Å². The van der Waals surface area contributed by atoms with Crippen molar-refractivity contribution in [1.82, 2.24) is 14.1 Å². The first kappa shape index (κ1) is 32.8. The number of rotatable bonds is 12. The molecule has 1 aliphatic heterocycles. The summed E-state index contributed by atoms with van der Waals surface area (Å²) in [5.74, 6) is 4.65. The molecule has 1 fully saturated rings. The maximum atomic E-state index is 6.85.